The minimum absolute atomic E-state index is 0.297. The monoisotopic (exact) mass is 209 g/mol. The molecule has 0 spiro atoms. The van der Waals surface area contributed by atoms with Crippen LogP contribution in [0.25, 0.3) is 0 Å². The first kappa shape index (κ1) is 10.4. The lowest BCUT2D eigenvalue weighted by Gasteiger charge is -2.14. The predicted octanol–water partition coefficient (Wildman–Crippen LogP) is 2.29. The summed E-state index contributed by atoms with van der Waals surface area (Å²) in [5.74, 6) is 0.965. The first-order chi connectivity index (χ1) is 7.26. The van der Waals surface area contributed by atoms with Crippen molar-refractivity contribution in [3.05, 3.63) is 29.6 Å². The Morgan fingerprint density at radius 2 is 2.27 bits per heavy atom. The number of hydrogen-bond acceptors (Lipinski definition) is 2. The van der Waals surface area contributed by atoms with E-state index in [0.717, 1.165) is 5.56 Å². The van der Waals surface area contributed by atoms with Crippen LogP contribution in [-0.4, -0.2) is 13.7 Å². The Labute approximate surface area is 89.2 Å². The maximum Gasteiger partial charge on any atom is 0.165 e. The van der Waals surface area contributed by atoms with Crippen LogP contribution < -0.4 is 10.5 Å². The maximum atomic E-state index is 13.5. The van der Waals surface area contributed by atoms with Gasteiger partial charge in [0, 0.05) is 0 Å². The zero-order chi connectivity index (χ0) is 10.8. The quantitative estimate of drug-likeness (QED) is 0.825. The second-order valence-electron chi connectivity index (χ2n) is 4.07. The van der Waals surface area contributed by atoms with E-state index >= 15 is 0 Å². The van der Waals surface area contributed by atoms with Crippen LogP contribution in [0.4, 0.5) is 4.39 Å². The van der Waals surface area contributed by atoms with Gasteiger partial charge in [-0.1, -0.05) is 6.07 Å². The van der Waals surface area contributed by atoms with E-state index in [2.05, 4.69) is 0 Å². The first-order valence-corrected chi connectivity index (χ1v) is 5.29. The third-order valence-electron chi connectivity index (χ3n) is 3.05. The summed E-state index contributed by atoms with van der Waals surface area (Å²) in [6.07, 6.45) is 2.44. The second kappa shape index (κ2) is 4.19. The minimum atomic E-state index is -0.297. The minimum Gasteiger partial charge on any atom is -0.494 e. The molecule has 0 saturated heterocycles. The molecule has 1 atom stereocenters. The molecule has 15 heavy (non-hydrogen) atoms. The van der Waals surface area contributed by atoms with E-state index in [1.165, 1.54) is 20.0 Å². The van der Waals surface area contributed by atoms with Gasteiger partial charge >= 0.3 is 0 Å². The summed E-state index contributed by atoms with van der Waals surface area (Å²) in [5.41, 5.74) is 6.71. The highest BCUT2D eigenvalue weighted by atomic mass is 19.1. The first-order valence-electron chi connectivity index (χ1n) is 5.29. The summed E-state index contributed by atoms with van der Waals surface area (Å²) in [5, 5.41) is 0. The number of halogens is 1. The van der Waals surface area contributed by atoms with Crippen LogP contribution >= 0.6 is 0 Å². The largest absolute Gasteiger partial charge is 0.494 e. The van der Waals surface area contributed by atoms with Crippen LogP contribution in [0.2, 0.25) is 0 Å². The molecule has 3 heteroatoms. The van der Waals surface area contributed by atoms with Crippen LogP contribution in [0.15, 0.2) is 18.2 Å². The molecule has 0 amide bonds. The molecule has 1 aliphatic carbocycles. The molecule has 1 saturated carbocycles. The van der Waals surface area contributed by atoms with E-state index in [9.17, 15) is 4.39 Å². The van der Waals surface area contributed by atoms with E-state index in [1.54, 1.807) is 12.1 Å². The number of benzene rings is 1. The molecule has 0 bridgehead atoms. The predicted molar refractivity (Wildman–Crippen MR) is 57.5 cm³/mol. The zero-order valence-electron chi connectivity index (χ0n) is 8.87. The van der Waals surface area contributed by atoms with Gasteiger partial charge in [-0.2, -0.15) is 0 Å². The molecule has 1 aromatic carbocycles. The summed E-state index contributed by atoms with van der Waals surface area (Å²) < 4.78 is 18.3. The molecule has 1 unspecified atom stereocenters. The van der Waals surface area contributed by atoms with Crippen LogP contribution in [0, 0.1) is 11.7 Å². The fraction of sp³-hybridized carbons (Fsp3) is 0.500. The lowest BCUT2D eigenvalue weighted by atomic mass is 9.94. The summed E-state index contributed by atoms with van der Waals surface area (Å²) in [7, 11) is 1.47. The number of rotatable bonds is 4. The van der Waals surface area contributed by atoms with Crippen molar-refractivity contribution in [2.45, 2.75) is 18.8 Å². The second-order valence-corrected chi connectivity index (χ2v) is 4.07. The zero-order valence-corrected chi connectivity index (χ0v) is 8.87. The topological polar surface area (TPSA) is 35.2 Å². The lowest BCUT2D eigenvalue weighted by molar-refractivity contribution is 0.385. The van der Waals surface area contributed by atoms with Crippen molar-refractivity contribution in [2.24, 2.45) is 11.7 Å². The van der Waals surface area contributed by atoms with Gasteiger partial charge in [0.2, 0.25) is 0 Å². The highest BCUT2D eigenvalue weighted by Crippen LogP contribution is 2.42. The van der Waals surface area contributed by atoms with E-state index in [0.29, 0.717) is 24.1 Å². The highest BCUT2D eigenvalue weighted by Gasteiger charge is 2.31. The molecular formula is C12H16FNO. The van der Waals surface area contributed by atoms with E-state index < -0.39 is 0 Å². The number of methoxy groups -OCH3 is 1. The van der Waals surface area contributed by atoms with Crippen LogP contribution in [0.3, 0.4) is 0 Å². The summed E-state index contributed by atoms with van der Waals surface area (Å²) in [6.45, 7) is 0.594. The van der Waals surface area contributed by atoms with Crippen molar-refractivity contribution in [1.29, 1.82) is 0 Å². The van der Waals surface area contributed by atoms with Gasteiger partial charge in [-0.25, -0.2) is 4.39 Å². The summed E-state index contributed by atoms with van der Waals surface area (Å²) >= 11 is 0. The molecule has 2 nitrogen and oxygen atoms in total. The number of nitrogens with two attached hydrogens (primary N) is 1. The number of ether oxygens (including phenoxy) is 1. The van der Waals surface area contributed by atoms with E-state index in [4.69, 9.17) is 10.5 Å². The third kappa shape index (κ3) is 2.12. The molecule has 1 aromatic rings. The van der Waals surface area contributed by atoms with Crippen molar-refractivity contribution in [3.8, 4) is 5.75 Å². The highest BCUT2D eigenvalue weighted by molar-refractivity contribution is 5.32. The normalized spacial score (nSPS) is 17.5. The smallest absolute Gasteiger partial charge is 0.165 e. The Morgan fingerprint density at radius 3 is 2.73 bits per heavy atom. The number of hydrogen-bond donors (Lipinski definition) is 1. The Hall–Kier alpha value is -1.09. The Kier molecular flexibility index (Phi) is 2.91. The molecule has 0 radical (unpaired) electrons. The van der Waals surface area contributed by atoms with E-state index in [1.807, 2.05) is 6.07 Å². The van der Waals surface area contributed by atoms with Gasteiger partial charge in [0.1, 0.15) is 0 Å². The van der Waals surface area contributed by atoms with Crippen LogP contribution in [0.5, 0.6) is 5.75 Å². The maximum absolute atomic E-state index is 13.5. The van der Waals surface area contributed by atoms with Crippen molar-refractivity contribution < 1.29 is 9.13 Å². The Balaban J connectivity index is 2.23. The van der Waals surface area contributed by atoms with Crippen molar-refractivity contribution in [3.63, 3.8) is 0 Å². The molecule has 2 N–H and O–H groups in total. The van der Waals surface area contributed by atoms with Gasteiger partial charge < -0.3 is 10.5 Å². The summed E-state index contributed by atoms with van der Waals surface area (Å²) in [6, 6.07) is 5.14. The molecule has 1 aliphatic rings. The van der Waals surface area contributed by atoms with Gasteiger partial charge in [-0.15, -0.1) is 0 Å². The molecule has 2 rings (SSSR count). The summed E-state index contributed by atoms with van der Waals surface area (Å²) in [4.78, 5) is 0. The molecule has 0 heterocycles. The average Bonchev–Trinajstić information content (AvgIpc) is 3.03. The molecule has 1 fully saturated rings. The fourth-order valence-electron chi connectivity index (χ4n) is 2.01. The Morgan fingerprint density at radius 1 is 1.53 bits per heavy atom. The fourth-order valence-corrected chi connectivity index (χ4v) is 2.01. The van der Waals surface area contributed by atoms with Crippen molar-refractivity contribution in [2.75, 3.05) is 13.7 Å². The molecular weight excluding hydrogens is 193 g/mol. The lowest BCUT2D eigenvalue weighted by Crippen LogP contribution is -2.14. The van der Waals surface area contributed by atoms with Gasteiger partial charge in [-0.05, 0) is 48.9 Å². The molecule has 0 aliphatic heterocycles. The van der Waals surface area contributed by atoms with Gasteiger partial charge in [0.05, 0.1) is 7.11 Å². The van der Waals surface area contributed by atoms with E-state index in [-0.39, 0.29) is 5.82 Å². The van der Waals surface area contributed by atoms with Crippen LogP contribution in [0.1, 0.15) is 24.3 Å². The SMILES string of the molecule is COc1ccc(C(CN)C2CC2)cc1F. The van der Waals surface area contributed by atoms with Crippen molar-refractivity contribution in [1.82, 2.24) is 0 Å². The standard InChI is InChI=1S/C12H16FNO/c1-15-12-5-4-9(6-11(12)13)10(7-14)8-2-3-8/h4-6,8,10H,2-3,7,14H2,1H3. The third-order valence-corrected chi connectivity index (χ3v) is 3.05. The van der Waals surface area contributed by atoms with Gasteiger partial charge in [0.15, 0.2) is 11.6 Å². The Bertz CT molecular complexity index is 349. The average molecular weight is 209 g/mol. The molecule has 82 valence electrons. The van der Waals surface area contributed by atoms with Crippen LogP contribution in [-0.2, 0) is 0 Å². The van der Waals surface area contributed by atoms with Gasteiger partial charge in [0.25, 0.3) is 0 Å². The molecule has 0 aromatic heterocycles. The van der Waals surface area contributed by atoms with Gasteiger partial charge in [-0.3, -0.25) is 0 Å². The van der Waals surface area contributed by atoms with Crippen molar-refractivity contribution >= 4 is 0 Å².